The van der Waals surface area contributed by atoms with Crippen LogP contribution in [0, 0.1) is 0 Å². The van der Waals surface area contributed by atoms with Gasteiger partial charge in [-0.3, -0.25) is 4.79 Å². The third kappa shape index (κ3) is 6.91. The van der Waals surface area contributed by atoms with Crippen LogP contribution in [0.5, 0.6) is 5.75 Å². The van der Waals surface area contributed by atoms with Crippen molar-refractivity contribution in [2.24, 2.45) is 0 Å². The Morgan fingerprint density at radius 1 is 1.07 bits per heavy atom. The number of carbonyl (C=O) groups is 1. The first kappa shape index (κ1) is 20.7. The lowest BCUT2D eigenvalue weighted by atomic mass is 10.0. The number of sulfonamides is 1. The maximum Gasteiger partial charge on any atom is 0.573 e. The van der Waals surface area contributed by atoms with Crippen LogP contribution >= 0.6 is 0 Å². The van der Waals surface area contributed by atoms with Crippen LogP contribution < -0.4 is 9.46 Å². The minimum atomic E-state index is -4.89. The molecule has 0 aliphatic carbocycles. The molecular formula is C17H16F3NO5S. The van der Waals surface area contributed by atoms with Crippen molar-refractivity contribution in [2.45, 2.75) is 30.1 Å². The minimum Gasteiger partial charge on any atom is -0.481 e. The van der Waals surface area contributed by atoms with E-state index in [1.807, 2.05) is 0 Å². The molecule has 0 unspecified atom stereocenters. The van der Waals surface area contributed by atoms with Crippen LogP contribution in [0.3, 0.4) is 0 Å². The number of carboxylic acids is 1. The van der Waals surface area contributed by atoms with Crippen LogP contribution in [0.4, 0.5) is 13.2 Å². The van der Waals surface area contributed by atoms with Crippen molar-refractivity contribution in [3.63, 3.8) is 0 Å². The van der Waals surface area contributed by atoms with E-state index in [4.69, 9.17) is 5.11 Å². The van der Waals surface area contributed by atoms with Crippen molar-refractivity contribution >= 4 is 16.0 Å². The van der Waals surface area contributed by atoms with Crippen LogP contribution in [0.1, 0.15) is 12.0 Å². The highest BCUT2D eigenvalue weighted by Gasteiger charge is 2.31. The number of nitrogens with one attached hydrogen (secondary N) is 1. The molecule has 0 aromatic heterocycles. The molecule has 1 atom stereocenters. The fourth-order valence-electron chi connectivity index (χ4n) is 2.37. The molecule has 0 spiro atoms. The monoisotopic (exact) mass is 403 g/mol. The highest BCUT2D eigenvalue weighted by molar-refractivity contribution is 7.89. The molecule has 6 nitrogen and oxygen atoms in total. The van der Waals surface area contributed by atoms with E-state index in [2.05, 4.69) is 9.46 Å². The normalized spacial score (nSPS) is 13.1. The average Bonchev–Trinajstić information content (AvgIpc) is 2.53. The Morgan fingerprint density at radius 3 is 2.19 bits per heavy atom. The van der Waals surface area contributed by atoms with Crippen molar-refractivity contribution in [1.29, 1.82) is 0 Å². The first-order chi connectivity index (χ1) is 12.5. The van der Waals surface area contributed by atoms with E-state index in [1.165, 1.54) is 0 Å². The molecule has 0 radical (unpaired) electrons. The number of aliphatic carboxylic acids is 1. The Balaban J connectivity index is 2.16. The van der Waals surface area contributed by atoms with Gasteiger partial charge >= 0.3 is 12.3 Å². The van der Waals surface area contributed by atoms with Gasteiger partial charge in [-0.15, -0.1) is 13.2 Å². The van der Waals surface area contributed by atoms with Crippen LogP contribution in [0.15, 0.2) is 59.5 Å². The standard InChI is InChI=1S/C17H16F3NO5S/c18-17(19,20)26-14-6-8-15(9-7-14)27(24,25)21-13(11-16(22)23)10-12-4-2-1-3-5-12/h1-9,13,21H,10-11H2,(H,22,23)/t13-/m1/s1. The second-order valence-corrected chi connectivity index (χ2v) is 7.34. The summed E-state index contributed by atoms with van der Waals surface area (Å²) in [6, 6.07) is 11.4. The van der Waals surface area contributed by atoms with Gasteiger partial charge in [0.05, 0.1) is 11.3 Å². The van der Waals surface area contributed by atoms with Crippen molar-refractivity contribution in [1.82, 2.24) is 4.72 Å². The summed E-state index contributed by atoms with van der Waals surface area (Å²) in [4.78, 5) is 10.7. The van der Waals surface area contributed by atoms with Gasteiger partial charge in [0.25, 0.3) is 0 Å². The topological polar surface area (TPSA) is 92.7 Å². The zero-order chi connectivity index (χ0) is 20.1. The van der Waals surface area contributed by atoms with Gasteiger partial charge in [0.15, 0.2) is 0 Å². The Labute approximate surface area is 153 Å². The summed E-state index contributed by atoms with van der Waals surface area (Å²) in [5, 5.41) is 9.02. The summed E-state index contributed by atoms with van der Waals surface area (Å²) in [6.45, 7) is 0. The summed E-state index contributed by atoms with van der Waals surface area (Å²) >= 11 is 0. The number of halogens is 3. The van der Waals surface area contributed by atoms with Crippen LogP contribution in [0.2, 0.25) is 0 Å². The second kappa shape index (κ2) is 8.40. The van der Waals surface area contributed by atoms with E-state index < -0.39 is 40.6 Å². The van der Waals surface area contributed by atoms with Crippen LogP contribution in [-0.2, 0) is 21.2 Å². The van der Waals surface area contributed by atoms with Gasteiger partial charge in [-0.2, -0.15) is 0 Å². The molecule has 0 saturated heterocycles. The Bertz CT molecular complexity index is 868. The molecule has 0 saturated carbocycles. The van der Waals surface area contributed by atoms with E-state index in [0.29, 0.717) is 0 Å². The Hall–Kier alpha value is -2.59. The van der Waals surface area contributed by atoms with E-state index >= 15 is 0 Å². The number of hydrogen-bond donors (Lipinski definition) is 2. The summed E-state index contributed by atoms with van der Waals surface area (Å²) < 4.78 is 67.4. The quantitative estimate of drug-likeness (QED) is 0.707. The SMILES string of the molecule is O=C(O)C[C@@H](Cc1ccccc1)NS(=O)(=O)c1ccc(OC(F)(F)F)cc1. The molecule has 146 valence electrons. The van der Waals surface area contributed by atoms with Crippen molar-refractivity contribution < 1.29 is 36.2 Å². The lowest BCUT2D eigenvalue weighted by molar-refractivity contribution is -0.274. The van der Waals surface area contributed by atoms with E-state index in [0.717, 1.165) is 29.8 Å². The van der Waals surface area contributed by atoms with Gasteiger partial charge in [0, 0.05) is 6.04 Å². The van der Waals surface area contributed by atoms with Crippen LogP contribution in [-0.4, -0.2) is 31.9 Å². The maximum atomic E-state index is 12.4. The van der Waals surface area contributed by atoms with Gasteiger partial charge in [-0.25, -0.2) is 13.1 Å². The zero-order valence-corrected chi connectivity index (χ0v) is 14.6. The Kier molecular flexibility index (Phi) is 6.45. The lowest BCUT2D eigenvalue weighted by Crippen LogP contribution is -2.38. The van der Waals surface area contributed by atoms with Crippen LogP contribution in [0.25, 0.3) is 0 Å². The van der Waals surface area contributed by atoms with Crippen molar-refractivity contribution in [2.75, 3.05) is 0 Å². The fourth-order valence-corrected chi connectivity index (χ4v) is 3.61. The number of rotatable bonds is 8. The molecular weight excluding hydrogens is 387 g/mol. The fraction of sp³-hybridized carbons (Fsp3) is 0.235. The molecule has 0 amide bonds. The van der Waals surface area contributed by atoms with Gasteiger partial charge in [-0.05, 0) is 36.2 Å². The maximum absolute atomic E-state index is 12.4. The highest BCUT2D eigenvalue weighted by Crippen LogP contribution is 2.24. The van der Waals surface area contributed by atoms with Crippen molar-refractivity contribution in [3.8, 4) is 5.75 Å². The zero-order valence-electron chi connectivity index (χ0n) is 13.8. The number of carboxylic acid groups (broad SMARTS) is 1. The third-order valence-corrected chi connectivity index (χ3v) is 4.97. The molecule has 0 bridgehead atoms. The van der Waals surface area contributed by atoms with E-state index in [9.17, 15) is 26.4 Å². The number of alkyl halides is 3. The Morgan fingerprint density at radius 2 is 1.67 bits per heavy atom. The molecule has 2 aromatic carbocycles. The number of benzene rings is 2. The smallest absolute Gasteiger partial charge is 0.481 e. The van der Waals surface area contributed by atoms with Gasteiger partial charge in [-0.1, -0.05) is 30.3 Å². The van der Waals surface area contributed by atoms with Crippen molar-refractivity contribution in [3.05, 3.63) is 60.2 Å². The minimum absolute atomic E-state index is 0.141. The summed E-state index contributed by atoms with van der Waals surface area (Å²) in [6.07, 6.45) is -5.20. The summed E-state index contributed by atoms with van der Waals surface area (Å²) in [5.74, 6) is -1.75. The lowest BCUT2D eigenvalue weighted by Gasteiger charge is -2.17. The predicted octanol–water partition coefficient (Wildman–Crippen LogP) is 2.95. The van der Waals surface area contributed by atoms with E-state index in [-0.39, 0.29) is 11.3 Å². The molecule has 2 aromatic rings. The number of ether oxygens (including phenoxy) is 1. The third-order valence-electron chi connectivity index (χ3n) is 3.44. The second-order valence-electron chi connectivity index (χ2n) is 5.63. The molecule has 0 aliphatic heterocycles. The molecule has 2 rings (SSSR count). The molecule has 0 fully saturated rings. The average molecular weight is 403 g/mol. The summed E-state index contributed by atoms with van der Waals surface area (Å²) in [5.41, 5.74) is 0.736. The van der Waals surface area contributed by atoms with Gasteiger partial charge < -0.3 is 9.84 Å². The molecule has 2 N–H and O–H groups in total. The van der Waals surface area contributed by atoms with Gasteiger partial charge in [0.1, 0.15) is 5.75 Å². The van der Waals surface area contributed by atoms with Gasteiger partial charge in [0.2, 0.25) is 10.0 Å². The molecule has 0 aliphatic rings. The first-order valence-electron chi connectivity index (χ1n) is 7.69. The highest BCUT2D eigenvalue weighted by atomic mass is 32.2. The first-order valence-corrected chi connectivity index (χ1v) is 9.17. The number of hydrogen-bond acceptors (Lipinski definition) is 4. The summed E-state index contributed by atoms with van der Waals surface area (Å²) in [7, 11) is -4.14. The predicted molar refractivity (Wildman–Crippen MR) is 89.6 cm³/mol. The molecule has 0 heterocycles. The molecule has 27 heavy (non-hydrogen) atoms. The molecule has 10 heteroatoms. The van der Waals surface area contributed by atoms with E-state index in [1.54, 1.807) is 30.3 Å². The largest absolute Gasteiger partial charge is 0.573 e.